The molecular formula is C13H16N2O6S. The summed E-state index contributed by atoms with van der Waals surface area (Å²) in [4.78, 5) is 25.2. The molecule has 1 aliphatic heterocycles. The average Bonchev–Trinajstić information content (AvgIpc) is 2.97. The molecule has 1 fully saturated rings. The highest BCUT2D eigenvalue weighted by Gasteiger charge is 2.31. The molecule has 8 nitrogen and oxygen atoms in total. The highest BCUT2D eigenvalue weighted by Crippen LogP contribution is 2.37. The molecule has 0 bridgehead atoms. The molecule has 0 aliphatic carbocycles. The molecule has 0 saturated carbocycles. The third-order valence-electron chi connectivity index (χ3n) is 3.02. The standard InChI is InChI=1S/C13H16N2O6S/c16-13(17)10-8-22-12(14-10)9-4-1-2-5-11(9)20-6-3-7-21-15(18)19/h1-2,4-5,10,12,14H,3,6-8H2,(H,16,17). The summed E-state index contributed by atoms with van der Waals surface area (Å²) in [5, 5.41) is 21.1. The second-order valence-electron chi connectivity index (χ2n) is 4.57. The van der Waals surface area contributed by atoms with E-state index in [2.05, 4.69) is 10.2 Å². The summed E-state index contributed by atoms with van der Waals surface area (Å²) in [6.45, 7) is 0.261. The lowest BCUT2D eigenvalue weighted by Gasteiger charge is -2.16. The van der Waals surface area contributed by atoms with E-state index in [0.717, 1.165) is 5.56 Å². The van der Waals surface area contributed by atoms with Crippen LogP contribution in [0.2, 0.25) is 0 Å². The third kappa shape index (κ3) is 4.50. The fourth-order valence-corrected chi connectivity index (χ4v) is 3.26. The molecule has 120 valence electrons. The van der Waals surface area contributed by atoms with Crippen molar-refractivity contribution in [2.75, 3.05) is 19.0 Å². The van der Waals surface area contributed by atoms with E-state index in [1.807, 2.05) is 18.2 Å². The van der Waals surface area contributed by atoms with Gasteiger partial charge in [-0.2, -0.15) is 0 Å². The summed E-state index contributed by atoms with van der Waals surface area (Å²) in [5.74, 6) is 0.260. The maximum atomic E-state index is 11.0. The summed E-state index contributed by atoms with van der Waals surface area (Å²) in [6.07, 6.45) is 0.387. The molecule has 0 aromatic heterocycles. The smallest absolute Gasteiger partial charge is 0.321 e. The van der Waals surface area contributed by atoms with Crippen molar-refractivity contribution in [3.05, 3.63) is 39.9 Å². The molecule has 9 heteroatoms. The van der Waals surface area contributed by atoms with E-state index in [9.17, 15) is 14.9 Å². The van der Waals surface area contributed by atoms with Gasteiger partial charge in [0.2, 0.25) is 0 Å². The minimum Gasteiger partial charge on any atom is -0.493 e. The Bertz CT molecular complexity index is 541. The monoisotopic (exact) mass is 328 g/mol. The summed E-state index contributed by atoms with van der Waals surface area (Å²) < 4.78 is 5.62. The largest absolute Gasteiger partial charge is 0.493 e. The van der Waals surface area contributed by atoms with Crippen molar-refractivity contribution >= 4 is 17.7 Å². The van der Waals surface area contributed by atoms with Crippen LogP contribution in [0.25, 0.3) is 0 Å². The van der Waals surface area contributed by atoms with Crippen LogP contribution in [0.15, 0.2) is 24.3 Å². The SMILES string of the molecule is O=C(O)C1CSC(c2ccccc2OCCCO[N+](=O)[O-])N1. The van der Waals surface area contributed by atoms with Crippen LogP contribution in [-0.2, 0) is 9.63 Å². The highest BCUT2D eigenvalue weighted by molar-refractivity contribution is 7.99. The number of nitrogens with zero attached hydrogens (tertiary/aromatic N) is 1. The van der Waals surface area contributed by atoms with Gasteiger partial charge >= 0.3 is 5.97 Å². The van der Waals surface area contributed by atoms with Crippen molar-refractivity contribution in [2.24, 2.45) is 0 Å². The Kier molecular flexibility index (Phi) is 5.84. The van der Waals surface area contributed by atoms with Gasteiger partial charge in [-0.1, -0.05) is 18.2 Å². The van der Waals surface area contributed by atoms with E-state index in [0.29, 0.717) is 17.9 Å². The lowest BCUT2D eigenvalue weighted by atomic mass is 10.2. The molecule has 1 aromatic carbocycles. The first-order chi connectivity index (χ1) is 10.6. The maximum absolute atomic E-state index is 11.0. The number of carboxylic acid groups (broad SMARTS) is 1. The summed E-state index contributed by atoms with van der Waals surface area (Å²) in [6, 6.07) is 6.77. The number of hydrogen-bond donors (Lipinski definition) is 2. The highest BCUT2D eigenvalue weighted by atomic mass is 32.2. The molecule has 2 unspecified atom stereocenters. The van der Waals surface area contributed by atoms with Crippen LogP contribution in [0.3, 0.4) is 0 Å². The van der Waals surface area contributed by atoms with Gasteiger partial charge in [0, 0.05) is 17.7 Å². The minimum atomic E-state index is -0.870. The van der Waals surface area contributed by atoms with Gasteiger partial charge < -0.3 is 14.7 Å². The molecule has 1 aliphatic rings. The van der Waals surface area contributed by atoms with E-state index in [1.165, 1.54) is 11.8 Å². The van der Waals surface area contributed by atoms with E-state index in [1.54, 1.807) is 6.07 Å². The van der Waals surface area contributed by atoms with Crippen LogP contribution in [-0.4, -0.2) is 41.2 Å². The zero-order chi connectivity index (χ0) is 15.9. The van der Waals surface area contributed by atoms with Gasteiger partial charge in [0.1, 0.15) is 11.8 Å². The molecule has 0 radical (unpaired) electrons. The number of thioether (sulfide) groups is 1. The molecule has 22 heavy (non-hydrogen) atoms. The van der Waals surface area contributed by atoms with E-state index in [-0.39, 0.29) is 18.6 Å². The third-order valence-corrected chi connectivity index (χ3v) is 4.27. The molecule has 2 N–H and O–H groups in total. The first kappa shape index (κ1) is 16.4. The number of nitrogens with one attached hydrogen (secondary N) is 1. The Morgan fingerprint density at radius 3 is 2.91 bits per heavy atom. The summed E-state index contributed by atoms with van der Waals surface area (Å²) >= 11 is 1.51. The quantitative estimate of drug-likeness (QED) is 0.419. The van der Waals surface area contributed by atoms with E-state index in [4.69, 9.17) is 9.84 Å². The first-order valence-corrected chi connectivity index (χ1v) is 7.72. The number of ether oxygens (including phenoxy) is 1. The molecule has 2 rings (SSSR count). The van der Waals surface area contributed by atoms with E-state index < -0.39 is 17.1 Å². The normalized spacial score (nSPS) is 20.5. The number of carbonyl (C=O) groups is 1. The second kappa shape index (κ2) is 7.85. The molecule has 0 spiro atoms. The van der Waals surface area contributed by atoms with Gasteiger partial charge in [-0.25, -0.2) is 0 Å². The zero-order valence-corrected chi connectivity index (χ0v) is 12.5. The van der Waals surface area contributed by atoms with E-state index >= 15 is 0 Å². The molecule has 2 atom stereocenters. The van der Waals surface area contributed by atoms with Gasteiger partial charge in [-0.05, 0) is 6.07 Å². The van der Waals surface area contributed by atoms with Gasteiger partial charge in [0.15, 0.2) is 0 Å². The van der Waals surface area contributed by atoms with Crippen LogP contribution in [0, 0.1) is 10.1 Å². The van der Waals surface area contributed by atoms with Crippen molar-refractivity contribution in [3.63, 3.8) is 0 Å². The molecule has 1 heterocycles. The lowest BCUT2D eigenvalue weighted by Crippen LogP contribution is -2.33. The Balaban J connectivity index is 1.90. The molecular weight excluding hydrogens is 312 g/mol. The van der Waals surface area contributed by atoms with Gasteiger partial charge in [-0.15, -0.1) is 21.9 Å². The van der Waals surface area contributed by atoms with Crippen molar-refractivity contribution < 1.29 is 24.6 Å². The Hall–Kier alpha value is -2.00. The van der Waals surface area contributed by atoms with Crippen molar-refractivity contribution in [1.29, 1.82) is 0 Å². The van der Waals surface area contributed by atoms with Crippen LogP contribution in [0.1, 0.15) is 17.4 Å². The van der Waals surface area contributed by atoms with Crippen LogP contribution in [0.5, 0.6) is 5.75 Å². The number of hydrogen-bond acceptors (Lipinski definition) is 7. The van der Waals surface area contributed by atoms with Gasteiger partial charge in [-0.3, -0.25) is 10.1 Å². The Morgan fingerprint density at radius 1 is 1.45 bits per heavy atom. The average molecular weight is 328 g/mol. The fourth-order valence-electron chi connectivity index (χ4n) is 2.00. The fraction of sp³-hybridized carbons (Fsp3) is 0.462. The van der Waals surface area contributed by atoms with Crippen LogP contribution >= 0.6 is 11.8 Å². The van der Waals surface area contributed by atoms with Gasteiger partial charge in [0.05, 0.1) is 18.6 Å². The number of rotatable bonds is 8. The second-order valence-corrected chi connectivity index (χ2v) is 5.71. The number of benzene rings is 1. The summed E-state index contributed by atoms with van der Waals surface area (Å²) in [7, 11) is 0. The Morgan fingerprint density at radius 2 is 2.23 bits per heavy atom. The Labute approximate surface area is 130 Å². The van der Waals surface area contributed by atoms with Crippen molar-refractivity contribution in [2.45, 2.75) is 17.8 Å². The van der Waals surface area contributed by atoms with Gasteiger partial charge in [0.25, 0.3) is 5.09 Å². The van der Waals surface area contributed by atoms with Crippen molar-refractivity contribution in [3.8, 4) is 5.75 Å². The number of para-hydroxylation sites is 1. The minimum absolute atomic E-state index is 0.0211. The van der Waals surface area contributed by atoms with Crippen LogP contribution in [0.4, 0.5) is 0 Å². The predicted octanol–water partition coefficient (Wildman–Crippen LogP) is 1.45. The predicted molar refractivity (Wildman–Crippen MR) is 79.3 cm³/mol. The summed E-state index contributed by atoms with van der Waals surface area (Å²) in [5.41, 5.74) is 0.867. The number of aliphatic carboxylic acids is 1. The maximum Gasteiger partial charge on any atom is 0.321 e. The first-order valence-electron chi connectivity index (χ1n) is 6.67. The molecule has 0 amide bonds. The topological polar surface area (TPSA) is 111 Å². The van der Waals surface area contributed by atoms with Crippen LogP contribution < -0.4 is 10.1 Å². The molecule has 1 aromatic rings. The van der Waals surface area contributed by atoms with Crippen molar-refractivity contribution in [1.82, 2.24) is 5.32 Å². The lowest BCUT2D eigenvalue weighted by molar-refractivity contribution is -0.757. The zero-order valence-electron chi connectivity index (χ0n) is 11.6. The number of carboxylic acids is 1. The molecule has 1 saturated heterocycles.